The minimum atomic E-state index is -0.276. The van der Waals surface area contributed by atoms with Crippen molar-refractivity contribution in [2.24, 2.45) is 0 Å². The molecule has 0 aliphatic rings. The smallest absolute Gasteiger partial charge is 0.252 e. The summed E-state index contributed by atoms with van der Waals surface area (Å²) in [6.45, 7) is 1.89. The van der Waals surface area contributed by atoms with Crippen LogP contribution in [0.2, 0.25) is 0 Å². The first-order chi connectivity index (χ1) is 14.1. The van der Waals surface area contributed by atoms with Gasteiger partial charge in [-0.25, -0.2) is 24.9 Å². The van der Waals surface area contributed by atoms with E-state index in [4.69, 9.17) is 4.74 Å². The normalized spacial score (nSPS) is 10.8. The average molecular weight is 407 g/mol. The van der Waals surface area contributed by atoms with Crippen LogP contribution in [0, 0.1) is 6.92 Å². The van der Waals surface area contributed by atoms with Crippen LogP contribution >= 0.6 is 11.8 Å². The van der Waals surface area contributed by atoms with Gasteiger partial charge in [0, 0.05) is 29.6 Å². The molecule has 3 aromatic heterocycles. The highest BCUT2D eigenvalue weighted by Gasteiger charge is 2.11. The number of thioether (sulfide) groups is 1. The van der Waals surface area contributed by atoms with E-state index in [-0.39, 0.29) is 11.5 Å². The summed E-state index contributed by atoms with van der Waals surface area (Å²) in [6, 6.07) is 8.85. The Balaban J connectivity index is 1.61. The second-order valence-corrected chi connectivity index (χ2v) is 6.96. The highest BCUT2D eigenvalue weighted by Crippen LogP contribution is 2.26. The third kappa shape index (κ3) is 4.32. The first-order valence-corrected chi connectivity index (χ1v) is 9.69. The largest absolute Gasteiger partial charge is 0.494 e. The summed E-state index contributed by atoms with van der Waals surface area (Å²) in [7, 11) is 1.59. The third-order valence-electron chi connectivity index (χ3n) is 4.02. The maximum Gasteiger partial charge on any atom is 0.252 e. The van der Waals surface area contributed by atoms with E-state index in [0.29, 0.717) is 33.8 Å². The number of hydrogen-bond donors (Lipinski definition) is 2. The molecule has 0 spiro atoms. The molecular weight excluding hydrogens is 390 g/mol. The van der Waals surface area contributed by atoms with E-state index in [0.717, 1.165) is 11.1 Å². The average Bonchev–Trinajstić information content (AvgIpc) is 2.72. The predicted octanol–water partition coefficient (Wildman–Crippen LogP) is 2.86. The number of nitrogens with zero attached hydrogens (tertiary/aromatic N) is 5. The molecule has 4 rings (SSSR count). The van der Waals surface area contributed by atoms with Crippen LogP contribution in [0.1, 0.15) is 11.4 Å². The topological polar surface area (TPSA) is 119 Å². The molecule has 4 aromatic rings. The SMILES string of the molecule is COc1cccc2c(C)nc(Nc3nc(CSc4ncccn4)cc(=O)[nH]3)nc12. The molecule has 0 aliphatic carbocycles. The number of aromatic nitrogens is 6. The van der Waals surface area contributed by atoms with Gasteiger partial charge in [0.25, 0.3) is 5.56 Å². The number of ether oxygens (including phenoxy) is 1. The zero-order valence-corrected chi connectivity index (χ0v) is 16.5. The van der Waals surface area contributed by atoms with Crippen molar-refractivity contribution >= 4 is 34.6 Å². The Morgan fingerprint density at radius 3 is 2.76 bits per heavy atom. The van der Waals surface area contributed by atoms with Crippen LogP contribution in [0.5, 0.6) is 5.75 Å². The van der Waals surface area contributed by atoms with E-state index in [1.54, 1.807) is 25.6 Å². The first-order valence-electron chi connectivity index (χ1n) is 8.71. The molecule has 0 fully saturated rings. The van der Waals surface area contributed by atoms with Gasteiger partial charge in [0.15, 0.2) is 5.16 Å². The molecule has 10 heteroatoms. The Morgan fingerprint density at radius 1 is 1.14 bits per heavy atom. The summed E-state index contributed by atoms with van der Waals surface area (Å²) in [5.41, 5.74) is 1.78. The summed E-state index contributed by atoms with van der Waals surface area (Å²) >= 11 is 1.39. The number of para-hydroxylation sites is 1. The van der Waals surface area contributed by atoms with Gasteiger partial charge < -0.3 is 4.74 Å². The van der Waals surface area contributed by atoms with Gasteiger partial charge in [0.1, 0.15) is 11.3 Å². The highest BCUT2D eigenvalue weighted by atomic mass is 32.2. The molecule has 0 bridgehead atoms. The van der Waals surface area contributed by atoms with Crippen LogP contribution in [-0.2, 0) is 5.75 Å². The molecule has 146 valence electrons. The van der Waals surface area contributed by atoms with Crippen molar-refractivity contribution in [2.75, 3.05) is 12.4 Å². The molecule has 0 saturated carbocycles. The quantitative estimate of drug-likeness (QED) is 0.367. The molecule has 29 heavy (non-hydrogen) atoms. The Hall–Kier alpha value is -3.53. The van der Waals surface area contributed by atoms with Gasteiger partial charge in [-0.05, 0) is 19.1 Å². The van der Waals surface area contributed by atoms with Crippen LogP contribution in [0.3, 0.4) is 0 Å². The van der Waals surface area contributed by atoms with Gasteiger partial charge in [-0.15, -0.1) is 0 Å². The number of aromatic amines is 1. The Kier molecular flexibility index (Phi) is 5.34. The standard InChI is InChI=1S/C19H17N7O2S/c1-11-13-5-3-6-14(28-2)16(13)25-17(22-11)26-18-23-12(9-15(27)24-18)10-29-19-20-7-4-8-21-19/h3-9H,10H2,1-2H3,(H2,22,23,24,25,26,27). The van der Waals surface area contributed by atoms with E-state index in [1.807, 2.05) is 25.1 Å². The lowest BCUT2D eigenvalue weighted by molar-refractivity contribution is 0.419. The number of methoxy groups -OCH3 is 1. The van der Waals surface area contributed by atoms with Gasteiger partial charge in [0.2, 0.25) is 11.9 Å². The van der Waals surface area contributed by atoms with Crippen molar-refractivity contribution in [1.29, 1.82) is 0 Å². The van der Waals surface area contributed by atoms with Crippen molar-refractivity contribution in [3.05, 3.63) is 64.5 Å². The van der Waals surface area contributed by atoms with Gasteiger partial charge >= 0.3 is 0 Å². The number of hydrogen-bond acceptors (Lipinski definition) is 9. The molecule has 1 aromatic carbocycles. The molecule has 0 atom stereocenters. The fourth-order valence-electron chi connectivity index (χ4n) is 2.75. The minimum absolute atomic E-state index is 0.260. The fraction of sp³-hybridized carbons (Fsp3) is 0.158. The van der Waals surface area contributed by atoms with E-state index >= 15 is 0 Å². The maximum atomic E-state index is 12.1. The third-order valence-corrected chi connectivity index (χ3v) is 4.93. The maximum absolute atomic E-state index is 12.1. The van der Waals surface area contributed by atoms with Crippen molar-refractivity contribution in [1.82, 2.24) is 29.9 Å². The van der Waals surface area contributed by atoms with Crippen molar-refractivity contribution in [2.45, 2.75) is 17.8 Å². The number of aryl methyl sites for hydroxylation is 1. The molecular formula is C19H17N7O2S. The Labute approximate surface area is 170 Å². The monoisotopic (exact) mass is 407 g/mol. The van der Waals surface area contributed by atoms with E-state index in [9.17, 15) is 4.79 Å². The highest BCUT2D eigenvalue weighted by molar-refractivity contribution is 7.98. The van der Waals surface area contributed by atoms with E-state index in [1.165, 1.54) is 17.8 Å². The zero-order valence-electron chi connectivity index (χ0n) is 15.7. The number of H-pyrrole nitrogens is 1. The van der Waals surface area contributed by atoms with Gasteiger partial charge in [-0.3, -0.25) is 15.1 Å². The molecule has 0 amide bonds. The number of fused-ring (bicyclic) bond motifs is 1. The summed E-state index contributed by atoms with van der Waals surface area (Å²) in [5, 5.41) is 4.49. The molecule has 9 nitrogen and oxygen atoms in total. The molecule has 2 N–H and O–H groups in total. The molecule has 0 unspecified atom stereocenters. The lowest BCUT2D eigenvalue weighted by Gasteiger charge is -2.10. The van der Waals surface area contributed by atoms with Gasteiger partial charge in [-0.1, -0.05) is 23.9 Å². The second-order valence-electron chi connectivity index (χ2n) is 6.02. The molecule has 0 aliphatic heterocycles. The molecule has 3 heterocycles. The first kappa shape index (κ1) is 18.8. The lowest BCUT2D eigenvalue weighted by Crippen LogP contribution is -2.13. The predicted molar refractivity (Wildman–Crippen MR) is 111 cm³/mol. The van der Waals surface area contributed by atoms with Crippen LogP contribution in [0.25, 0.3) is 10.9 Å². The van der Waals surface area contributed by atoms with Crippen molar-refractivity contribution in [3.8, 4) is 5.75 Å². The molecule has 0 radical (unpaired) electrons. The number of rotatable bonds is 6. The zero-order chi connectivity index (χ0) is 20.2. The van der Waals surface area contributed by atoms with Crippen LogP contribution in [0.15, 0.2) is 52.7 Å². The van der Waals surface area contributed by atoms with E-state index in [2.05, 4.69) is 35.2 Å². The number of benzene rings is 1. The Morgan fingerprint density at radius 2 is 1.97 bits per heavy atom. The summed E-state index contributed by atoms with van der Waals surface area (Å²) in [4.78, 5) is 36.4. The second kappa shape index (κ2) is 8.23. The fourth-order valence-corrected chi connectivity index (χ4v) is 3.44. The summed E-state index contributed by atoms with van der Waals surface area (Å²) < 4.78 is 5.39. The van der Waals surface area contributed by atoms with Gasteiger partial charge in [-0.2, -0.15) is 0 Å². The molecule has 0 saturated heterocycles. The van der Waals surface area contributed by atoms with Gasteiger partial charge in [0.05, 0.1) is 18.5 Å². The number of anilines is 2. The lowest BCUT2D eigenvalue weighted by atomic mass is 10.2. The number of nitrogens with one attached hydrogen (secondary N) is 2. The Bertz CT molecular complexity index is 1210. The van der Waals surface area contributed by atoms with Crippen molar-refractivity contribution in [3.63, 3.8) is 0 Å². The summed E-state index contributed by atoms with van der Waals surface area (Å²) in [6.07, 6.45) is 3.34. The minimum Gasteiger partial charge on any atom is -0.494 e. The van der Waals surface area contributed by atoms with Crippen LogP contribution in [0.4, 0.5) is 11.9 Å². The van der Waals surface area contributed by atoms with Crippen molar-refractivity contribution < 1.29 is 4.74 Å². The van der Waals surface area contributed by atoms with Crippen LogP contribution in [-0.4, -0.2) is 37.0 Å². The van der Waals surface area contributed by atoms with E-state index < -0.39 is 0 Å². The van der Waals surface area contributed by atoms with Crippen LogP contribution < -0.4 is 15.6 Å². The summed E-state index contributed by atoms with van der Waals surface area (Å²) in [5.74, 6) is 1.67.